The normalized spacial score (nSPS) is 23.2. The van der Waals surface area contributed by atoms with Crippen molar-refractivity contribution in [3.05, 3.63) is 71.0 Å². The molecule has 4 nitrogen and oxygen atoms in total. The first kappa shape index (κ1) is 20.1. The van der Waals surface area contributed by atoms with Crippen LogP contribution in [0.15, 0.2) is 48.5 Å². The van der Waals surface area contributed by atoms with Crippen molar-refractivity contribution in [3.63, 3.8) is 0 Å². The van der Waals surface area contributed by atoms with Gasteiger partial charge < -0.3 is 10.0 Å². The van der Waals surface area contributed by atoms with Crippen LogP contribution in [0, 0.1) is 34.9 Å². The van der Waals surface area contributed by atoms with Gasteiger partial charge in [0, 0.05) is 23.0 Å². The van der Waals surface area contributed by atoms with Crippen LogP contribution in [0.5, 0.6) is 0 Å². The molecule has 1 N–H and O–H groups in total. The number of carbonyl (C=O) groups is 1. The van der Waals surface area contributed by atoms with Crippen LogP contribution in [0.4, 0.5) is 4.39 Å². The molecule has 1 aliphatic heterocycles. The van der Waals surface area contributed by atoms with Gasteiger partial charge in [-0.15, -0.1) is 0 Å². The van der Waals surface area contributed by atoms with Crippen molar-refractivity contribution in [2.24, 2.45) is 5.92 Å². The van der Waals surface area contributed by atoms with E-state index in [2.05, 4.69) is 17.9 Å². The highest BCUT2D eigenvalue weighted by molar-refractivity contribution is 5.82. The summed E-state index contributed by atoms with van der Waals surface area (Å²) in [6.45, 7) is -0.164. The zero-order valence-corrected chi connectivity index (χ0v) is 16.6. The molecule has 3 atom stereocenters. The minimum absolute atomic E-state index is 0.00642. The number of aliphatic hydroxyl groups is 1. The van der Waals surface area contributed by atoms with E-state index in [1.165, 1.54) is 12.1 Å². The lowest BCUT2D eigenvalue weighted by molar-refractivity contribution is -0.151. The summed E-state index contributed by atoms with van der Waals surface area (Å²) in [6, 6.07) is 15.0. The first-order valence-corrected chi connectivity index (χ1v) is 10.3. The van der Waals surface area contributed by atoms with Crippen LogP contribution in [0.2, 0.25) is 0 Å². The number of hydrogen-bond donors (Lipinski definition) is 1. The van der Waals surface area contributed by atoms with Gasteiger partial charge in [0.2, 0.25) is 5.91 Å². The second-order valence-corrected chi connectivity index (χ2v) is 7.96. The fraction of sp³-hybridized carbons (Fsp3) is 0.360. The van der Waals surface area contributed by atoms with Crippen LogP contribution >= 0.6 is 0 Å². The van der Waals surface area contributed by atoms with Crippen molar-refractivity contribution in [1.82, 2.24) is 4.90 Å². The van der Waals surface area contributed by atoms with Crippen molar-refractivity contribution in [2.45, 2.75) is 43.7 Å². The summed E-state index contributed by atoms with van der Waals surface area (Å²) in [4.78, 5) is 14.5. The Bertz CT molecular complexity index is 1030. The lowest BCUT2D eigenvalue weighted by atomic mass is 9.75. The molecule has 2 aromatic rings. The van der Waals surface area contributed by atoms with Crippen molar-refractivity contribution >= 4 is 5.91 Å². The van der Waals surface area contributed by atoms with Crippen molar-refractivity contribution in [1.29, 1.82) is 5.26 Å². The summed E-state index contributed by atoms with van der Waals surface area (Å²) in [5.41, 5.74) is 2.28. The van der Waals surface area contributed by atoms with Crippen LogP contribution in [-0.4, -0.2) is 34.6 Å². The second kappa shape index (κ2) is 8.69. The molecule has 2 aliphatic rings. The largest absolute Gasteiger partial charge is 0.394 e. The van der Waals surface area contributed by atoms with Crippen molar-refractivity contribution < 1.29 is 14.3 Å². The Morgan fingerprint density at radius 1 is 1.10 bits per heavy atom. The number of aliphatic hydroxyl groups excluding tert-OH is 1. The summed E-state index contributed by atoms with van der Waals surface area (Å²) in [6.07, 6.45) is 3.84. The fourth-order valence-corrected chi connectivity index (χ4v) is 4.59. The lowest BCUT2D eigenvalue weighted by Crippen LogP contribution is -2.66. The van der Waals surface area contributed by atoms with E-state index < -0.39 is 6.04 Å². The molecule has 0 unspecified atom stereocenters. The van der Waals surface area contributed by atoms with Gasteiger partial charge in [-0.1, -0.05) is 42.9 Å². The average molecular weight is 402 g/mol. The summed E-state index contributed by atoms with van der Waals surface area (Å²) < 4.78 is 13.3. The number of likely N-dealkylation sites (tertiary alicyclic amines) is 1. The molecule has 1 heterocycles. The molecule has 1 saturated carbocycles. The first-order chi connectivity index (χ1) is 14.6. The number of amides is 1. The molecule has 0 bridgehead atoms. The minimum Gasteiger partial charge on any atom is -0.394 e. The lowest BCUT2D eigenvalue weighted by Gasteiger charge is -2.52. The van der Waals surface area contributed by atoms with Crippen molar-refractivity contribution in [3.8, 4) is 17.9 Å². The minimum atomic E-state index is -0.556. The van der Waals surface area contributed by atoms with E-state index in [4.69, 9.17) is 0 Å². The maximum Gasteiger partial charge on any atom is 0.227 e. The highest BCUT2D eigenvalue weighted by Gasteiger charge is 2.52. The van der Waals surface area contributed by atoms with E-state index in [0.29, 0.717) is 5.56 Å². The van der Waals surface area contributed by atoms with Gasteiger partial charge in [0.25, 0.3) is 0 Å². The Labute approximate surface area is 175 Å². The molecule has 5 heteroatoms. The quantitative estimate of drug-likeness (QED) is 0.798. The number of nitriles is 1. The number of benzene rings is 2. The van der Waals surface area contributed by atoms with Gasteiger partial charge in [-0.05, 0) is 48.7 Å². The zero-order chi connectivity index (χ0) is 21.1. The molecular formula is C25H23FN2O2. The number of carbonyl (C=O) groups excluding carboxylic acids is 1. The van der Waals surface area contributed by atoms with Gasteiger partial charge in [0.15, 0.2) is 0 Å². The molecule has 2 aromatic carbocycles. The number of rotatable bonds is 3. The first-order valence-electron chi connectivity index (χ1n) is 10.3. The number of halogens is 1. The molecule has 1 aliphatic carbocycles. The molecule has 0 aromatic heterocycles. The maximum atomic E-state index is 13.3. The number of nitrogens with zero attached hydrogens (tertiary/aromatic N) is 2. The summed E-state index contributed by atoms with van der Waals surface area (Å²) in [5.74, 6) is 5.40. The van der Waals surface area contributed by atoms with Crippen LogP contribution < -0.4 is 0 Å². The molecular weight excluding hydrogens is 379 g/mol. The monoisotopic (exact) mass is 402 g/mol. The van der Waals surface area contributed by atoms with Crippen LogP contribution in [0.3, 0.4) is 0 Å². The highest BCUT2D eigenvalue weighted by atomic mass is 19.1. The highest BCUT2D eigenvalue weighted by Crippen LogP contribution is 2.42. The van der Waals surface area contributed by atoms with E-state index in [1.807, 2.05) is 24.3 Å². The number of hydrogen-bond acceptors (Lipinski definition) is 3. The van der Waals surface area contributed by atoms with E-state index in [0.717, 1.165) is 36.8 Å². The molecule has 2 fully saturated rings. The molecule has 1 saturated heterocycles. The van der Waals surface area contributed by atoms with E-state index >= 15 is 0 Å². The maximum absolute atomic E-state index is 13.3. The third kappa shape index (κ3) is 3.82. The second-order valence-electron chi connectivity index (χ2n) is 7.96. The molecule has 152 valence electrons. The molecule has 4 rings (SSSR count). The Morgan fingerprint density at radius 3 is 2.43 bits per heavy atom. The standard InChI is InChI=1S/C25H23FN2O2/c26-21-7-3-4-18(14-21)9-8-17-10-12-19(13-11-17)24-22(15-27)28(23(24)16-29)25(30)20-5-1-2-6-20/h3-4,7,10-14,20,22-24,29H,1-2,5-6,16H2/t22-,23-,24-/m0/s1. The topological polar surface area (TPSA) is 64.3 Å². The van der Waals surface area contributed by atoms with Crippen LogP contribution in [-0.2, 0) is 4.79 Å². The van der Waals surface area contributed by atoms with E-state index in [-0.39, 0.29) is 36.2 Å². The van der Waals surface area contributed by atoms with Crippen LogP contribution in [0.1, 0.15) is 48.3 Å². The SMILES string of the molecule is N#C[C@H]1[C@H](c2ccc(C#Cc3cccc(F)c3)cc2)[C@H](CO)N1C(=O)C1CCCC1. The average Bonchev–Trinajstić information content (AvgIpc) is 3.28. The Kier molecular flexibility index (Phi) is 5.84. The van der Waals surface area contributed by atoms with Gasteiger partial charge in [-0.3, -0.25) is 4.79 Å². The summed E-state index contributed by atoms with van der Waals surface area (Å²) in [7, 11) is 0. The smallest absolute Gasteiger partial charge is 0.227 e. The molecule has 0 spiro atoms. The van der Waals surface area contributed by atoms with Crippen LogP contribution in [0.25, 0.3) is 0 Å². The third-order valence-corrected chi connectivity index (χ3v) is 6.16. The van der Waals surface area contributed by atoms with Gasteiger partial charge in [0.1, 0.15) is 11.9 Å². The predicted octanol–water partition coefficient (Wildman–Crippen LogP) is 3.59. The van der Waals surface area contributed by atoms with Gasteiger partial charge >= 0.3 is 0 Å². The Balaban J connectivity index is 1.51. The molecule has 0 radical (unpaired) electrons. The van der Waals surface area contributed by atoms with Crippen molar-refractivity contribution in [2.75, 3.05) is 6.61 Å². The fourth-order valence-electron chi connectivity index (χ4n) is 4.59. The third-order valence-electron chi connectivity index (χ3n) is 6.16. The Hall–Kier alpha value is -3.15. The van der Waals surface area contributed by atoms with E-state index in [9.17, 15) is 19.6 Å². The predicted molar refractivity (Wildman–Crippen MR) is 111 cm³/mol. The zero-order valence-electron chi connectivity index (χ0n) is 16.6. The summed E-state index contributed by atoms with van der Waals surface area (Å²) in [5, 5.41) is 19.6. The molecule has 1 amide bonds. The molecule has 30 heavy (non-hydrogen) atoms. The Morgan fingerprint density at radius 2 is 1.80 bits per heavy atom. The summed E-state index contributed by atoms with van der Waals surface area (Å²) >= 11 is 0. The van der Waals surface area contributed by atoms with E-state index in [1.54, 1.807) is 17.0 Å². The van der Waals surface area contributed by atoms with Gasteiger partial charge in [-0.25, -0.2) is 4.39 Å². The van der Waals surface area contributed by atoms with Gasteiger partial charge in [0.05, 0.1) is 18.7 Å². The van der Waals surface area contributed by atoms with Gasteiger partial charge in [-0.2, -0.15) is 5.26 Å².